The van der Waals surface area contributed by atoms with Gasteiger partial charge in [0.05, 0.1) is 17.4 Å². The van der Waals surface area contributed by atoms with Crippen LogP contribution in [0.15, 0.2) is 12.3 Å². The average Bonchev–Trinajstić information content (AvgIpc) is 2.87. The average molecular weight is 268 g/mol. The first kappa shape index (κ1) is 13.1. The third-order valence-electron chi connectivity index (χ3n) is 3.46. The van der Waals surface area contributed by atoms with Gasteiger partial charge in [0, 0.05) is 12.6 Å². The molecule has 0 saturated heterocycles. The second kappa shape index (κ2) is 5.57. The van der Waals surface area contributed by atoms with E-state index in [1.54, 1.807) is 6.07 Å². The molecule has 18 heavy (non-hydrogen) atoms. The van der Waals surface area contributed by atoms with Crippen molar-refractivity contribution < 1.29 is 4.79 Å². The van der Waals surface area contributed by atoms with Crippen molar-refractivity contribution in [3.63, 3.8) is 0 Å². The van der Waals surface area contributed by atoms with Gasteiger partial charge < -0.3 is 10.6 Å². The van der Waals surface area contributed by atoms with Crippen molar-refractivity contribution in [2.45, 2.75) is 38.6 Å². The van der Waals surface area contributed by atoms with Crippen LogP contribution in [0.2, 0.25) is 5.15 Å². The molecule has 0 bridgehead atoms. The Morgan fingerprint density at radius 2 is 2.22 bits per heavy atom. The number of aromatic nitrogens is 1. The summed E-state index contributed by atoms with van der Waals surface area (Å²) in [5, 5.41) is 0.227. The molecule has 1 aliphatic carbocycles. The van der Waals surface area contributed by atoms with Crippen molar-refractivity contribution in [3.8, 4) is 0 Å². The van der Waals surface area contributed by atoms with Crippen molar-refractivity contribution in [2.24, 2.45) is 0 Å². The first-order chi connectivity index (χ1) is 8.63. The normalized spacial score (nSPS) is 15.9. The molecule has 1 fully saturated rings. The van der Waals surface area contributed by atoms with Crippen LogP contribution in [0.3, 0.4) is 0 Å². The summed E-state index contributed by atoms with van der Waals surface area (Å²) < 4.78 is 0. The summed E-state index contributed by atoms with van der Waals surface area (Å²) in [5.41, 5.74) is 6.54. The molecule has 1 aromatic rings. The van der Waals surface area contributed by atoms with Crippen LogP contribution in [-0.2, 0) is 0 Å². The predicted molar refractivity (Wildman–Crippen MR) is 72.6 cm³/mol. The summed E-state index contributed by atoms with van der Waals surface area (Å²) >= 11 is 5.98. The van der Waals surface area contributed by atoms with Gasteiger partial charge in [-0.3, -0.25) is 4.79 Å². The maximum absolute atomic E-state index is 12.5. The zero-order chi connectivity index (χ0) is 13.1. The molecule has 1 amide bonds. The SMILES string of the molecule is CCN(C(=O)c1cc(N)cnc1Cl)C1CCCC1. The highest BCUT2D eigenvalue weighted by atomic mass is 35.5. The minimum absolute atomic E-state index is 0.0609. The fraction of sp³-hybridized carbons (Fsp3) is 0.538. The number of anilines is 1. The summed E-state index contributed by atoms with van der Waals surface area (Å²) in [6.45, 7) is 2.68. The predicted octanol–water partition coefficient (Wildman–Crippen LogP) is 2.72. The lowest BCUT2D eigenvalue weighted by molar-refractivity contribution is 0.0693. The molecule has 0 radical (unpaired) electrons. The summed E-state index contributed by atoms with van der Waals surface area (Å²) in [7, 11) is 0. The number of carbonyl (C=O) groups excluding carboxylic acids is 1. The first-order valence-corrected chi connectivity index (χ1v) is 6.73. The van der Waals surface area contributed by atoms with Gasteiger partial charge in [-0.15, -0.1) is 0 Å². The number of hydrogen-bond donors (Lipinski definition) is 1. The smallest absolute Gasteiger partial charge is 0.257 e. The Morgan fingerprint density at radius 3 is 2.83 bits per heavy atom. The van der Waals surface area contributed by atoms with Crippen molar-refractivity contribution >= 4 is 23.2 Å². The molecule has 2 rings (SSSR count). The number of nitrogen functional groups attached to an aromatic ring is 1. The summed E-state index contributed by atoms with van der Waals surface area (Å²) in [5.74, 6) is -0.0609. The lowest BCUT2D eigenvalue weighted by atomic mass is 10.1. The second-order valence-electron chi connectivity index (χ2n) is 4.64. The van der Waals surface area contributed by atoms with Crippen LogP contribution < -0.4 is 5.73 Å². The number of nitrogens with two attached hydrogens (primary N) is 1. The van der Waals surface area contributed by atoms with E-state index in [1.165, 1.54) is 19.0 Å². The highest BCUT2D eigenvalue weighted by molar-refractivity contribution is 6.32. The van der Waals surface area contributed by atoms with Gasteiger partial charge in [0.2, 0.25) is 0 Å². The van der Waals surface area contributed by atoms with Crippen molar-refractivity contribution in [1.82, 2.24) is 9.88 Å². The molecule has 1 aromatic heterocycles. The largest absolute Gasteiger partial charge is 0.397 e. The maximum atomic E-state index is 12.5. The number of hydrogen-bond acceptors (Lipinski definition) is 3. The molecular weight excluding hydrogens is 250 g/mol. The Hall–Kier alpha value is -1.29. The van der Waals surface area contributed by atoms with Crippen LogP contribution >= 0.6 is 11.6 Å². The summed E-state index contributed by atoms with van der Waals surface area (Å²) in [6.07, 6.45) is 6.00. The molecule has 5 heteroatoms. The first-order valence-electron chi connectivity index (χ1n) is 6.35. The standard InChI is InChI=1S/C13H18ClN3O/c1-2-17(10-5-3-4-6-10)13(18)11-7-9(15)8-16-12(11)14/h7-8,10H,2-6,15H2,1H3. The van der Waals surface area contributed by atoms with Gasteiger partial charge in [-0.1, -0.05) is 24.4 Å². The highest BCUT2D eigenvalue weighted by Gasteiger charge is 2.27. The molecule has 1 heterocycles. The van der Waals surface area contributed by atoms with E-state index in [0.29, 0.717) is 23.8 Å². The van der Waals surface area contributed by atoms with E-state index >= 15 is 0 Å². The van der Waals surface area contributed by atoms with Gasteiger partial charge in [-0.05, 0) is 25.8 Å². The topological polar surface area (TPSA) is 59.2 Å². The highest BCUT2D eigenvalue weighted by Crippen LogP contribution is 2.26. The van der Waals surface area contributed by atoms with Gasteiger partial charge in [-0.2, -0.15) is 0 Å². The van der Waals surface area contributed by atoms with Crippen LogP contribution in [0.5, 0.6) is 0 Å². The van der Waals surface area contributed by atoms with Gasteiger partial charge in [-0.25, -0.2) is 4.98 Å². The van der Waals surface area contributed by atoms with Crippen molar-refractivity contribution in [2.75, 3.05) is 12.3 Å². The van der Waals surface area contributed by atoms with Crippen LogP contribution in [0.4, 0.5) is 5.69 Å². The second-order valence-corrected chi connectivity index (χ2v) is 4.99. The number of pyridine rings is 1. The molecule has 98 valence electrons. The minimum Gasteiger partial charge on any atom is -0.397 e. The monoisotopic (exact) mass is 267 g/mol. The van der Waals surface area contributed by atoms with E-state index in [0.717, 1.165) is 12.8 Å². The summed E-state index contributed by atoms with van der Waals surface area (Å²) in [6, 6.07) is 1.94. The Labute approximate surface area is 112 Å². The Morgan fingerprint density at radius 1 is 1.56 bits per heavy atom. The van der Waals surface area contributed by atoms with E-state index in [1.807, 2.05) is 11.8 Å². The number of halogens is 1. The van der Waals surface area contributed by atoms with E-state index < -0.39 is 0 Å². The molecule has 0 aliphatic heterocycles. The molecule has 0 aromatic carbocycles. The molecular formula is C13H18ClN3O. The van der Waals surface area contributed by atoms with Gasteiger partial charge in [0.1, 0.15) is 5.15 Å². The van der Waals surface area contributed by atoms with Crippen molar-refractivity contribution in [3.05, 3.63) is 23.0 Å². The quantitative estimate of drug-likeness (QED) is 0.857. The zero-order valence-electron chi connectivity index (χ0n) is 10.5. The van der Waals surface area contributed by atoms with E-state index in [4.69, 9.17) is 17.3 Å². The number of nitrogens with zero attached hydrogens (tertiary/aromatic N) is 2. The van der Waals surface area contributed by atoms with Gasteiger partial charge in [0.25, 0.3) is 5.91 Å². The van der Waals surface area contributed by atoms with E-state index in [-0.39, 0.29) is 11.1 Å². The molecule has 0 unspecified atom stereocenters. The number of amides is 1. The molecule has 1 aliphatic rings. The Bertz CT molecular complexity index is 444. The van der Waals surface area contributed by atoms with E-state index in [9.17, 15) is 4.79 Å². The fourth-order valence-corrected chi connectivity index (χ4v) is 2.74. The lowest BCUT2D eigenvalue weighted by Crippen LogP contribution is -2.38. The van der Waals surface area contributed by atoms with Crippen LogP contribution in [0.25, 0.3) is 0 Å². The fourth-order valence-electron chi connectivity index (χ4n) is 2.55. The number of carbonyl (C=O) groups is 1. The Kier molecular flexibility index (Phi) is 4.07. The van der Waals surface area contributed by atoms with Crippen LogP contribution in [0.1, 0.15) is 43.0 Å². The van der Waals surface area contributed by atoms with E-state index in [2.05, 4.69) is 4.98 Å². The molecule has 0 atom stereocenters. The lowest BCUT2D eigenvalue weighted by Gasteiger charge is -2.28. The van der Waals surface area contributed by atoms with Crippen LogP contribution in [0, 0.1) is 0 Å². The molecule has 4 nitrogen and oxygen atoms in total. The minimum atomic E-state index is -0.0609. The third-order valence-corrected chi connectivity index (χ3v) is 3.76. The molecule has 0 spiro atoms. The third kappa shape index (κ3) is 2.58. The van der Waals surface area contributed by atoms with Gasteiger partial charge >= 0.3 is 0 Å². The zero-order valence-corrected chi connectivity index (χ0v) is 11.3. The van der Waals surface area contributed by atoms with Crippen molar-refractivity contribution in [1.29, 1.82) is 0 Å². The molecule has 2 N–H and O–H groups in total. The number of rotatable bonds is 3. The van der Waals surface area contributed by atoms with Gasteiger partial charge in [0.15, 0.2) is 0 Å². The summed E-state index contributed by atoms with van der Waals surface area (Å²) in [4.78, 5) is 18.3. The molecule has 1 saturated carbocycles. The van der Waals surface area contributed by atoms with Crippen LogP contribution in [-0.4, -0.2) is 28.4 Å². The Balaban J connectivity index is 2.25. The maximum Gasteiger partial charge on any atom is 0.257 e.